The number of nitrogens with one attached hydrogen (secondary N) is 1. The summed E-state index contributed by atoms with van der Waals surface area (Å²) in [6.45, 7) is 2.46. The van der Waals surface area contributed by atoms with E-state index in [0.717, 1.165) is 19.3 Å². The molecule has 3 N–H and O–H groups in total. The summed E-state index contributed by atoms with van der Waals surface area (Å²) in [6.07, 6.45) is 2.41. The van der Waals surface area contributed by atoms with E-state index in [9.17, 15) is 4.79 Å². The third kappa shape index (κ3) is 3.08. The van der Waals surface area contributed by atoms with E-state index in [0.29, 0.717) is 6.54 Å². The van der Waals surface area contributed by atoms with E-state index < -0.39 is 0 Å². The van der Waals surface area contributed by atoms with Gasteiger partial charge in [0.2, 0.25) is 5.91 Å². The molecule has 1 aliphatic rings. The second-order valence-corrected chi connectivity index (χ2v) is 3.40. The highest BCUT2D eigenvalue weighted by atomic mass is 16.1. The van der Waals surface area contributed by atoms with Crippen molar-refractivity contribution in [2.45, 2.75) is 32.2 Å². The van der Waals surface area contributed by atoms with Gasteiger partial charge in [-0.05, 0) is 19.8 Å². The van der Waals surface area contributed by atoms with E-state index in [-0.39, 0.29) is 17.9 Å². The fraction of sp³-hybridized carbons (Fsp3) is 0.700. The molecule has 0 heterocycles. The average Bonchev–Trinajstić information content (AvgIpc) is 2.07. The van der Waals surface area contributed by atoms with Gasteiger partial charge in [-0.3, -0.25) is 4.79 Å². The van der Waals surface area contributed by atoms with Crippen molar-refractivity contribution < 1.29 is 4.79 Å². The van der Waals surface area contributed by atoms with Gasteiger partial charge in [-0.15, -0.1) is 11.8 Å². The summed E-state index contributed by atoms with van der Waals surface area (Å²) in [6, 6.07) is 0.242. The summed E-state index contributed by atoms with van der Waals surface area (Å²) < 4.78 is 0. The highest BCUT2D eigenvalue weighted by Crippen LogP contribution is 2.25. The van der Waals surface area contributed by atoms with Crippen molar-refractivity contribution in [3.63, 3.8) is 0 Å². The van der Waals surface area contributed by atoms with E-state index in [1.165, 1.54) is 0 Å². The lowest BCUT2D eigenvalue weighted by atomic mass is 9.80. The summed E-state index contributed by atoms with van der Waals surface area (Å²) in [5.74, 6) is 5.98. The van der Waals surface area contributed by atoms with Gasteiger partial charge in [0.25, 0.3) is 0 Å². The van der Waals surface area contributed by atoms with E-state index >= 15 is 0 Å². The summed E-state index contributed by atoms with van der Waals surface area (Å²) in [7, 11) is 0. The molecule has 1 fully saturated rings. The van der Waals surface area contributed by atoms with Crippen LogP contribution in [0.3, 0.4) is 0 Å². The van der Waals surface area contributed by atoms with Crippen LogP contribution in [-0.4, -0.2) is 18.5 Å². The molecular formula is C10H16N2O. The number of amides is 1. The molecule has 72 valence electrons. The first-order valence-electron chi connectivity index (χ1n) is 4.67. The molecule has 1 amide bonds. The number of rotatable bonds is 3. The van der Waals surface area contributed by atoms with Gasteiger partial charge in [-0.25, -0.2) is 0 Å². The molecule has 0 aromatic rings. The Hall–Kier alpha value is -1.01. The second-order valence-electron chi connectivity index (χ2n) is 3.40. The van der Waals surface area contributed by atoms with Gasteiger partial charge in [0, 0.05) is 24.9 Å². The van der Waals surface area contributed by atoms with E-state index in [1.807, 2.05) is 0 Å². The quantitative estimate of drug-likeness (QED) is 0.483. The van der Waals surface area contributed by atoms with Gasteiger partial charge in [0.1, 0.15) is 0 Å². The van der Waals surface area contributed by atoms with E-state index in [2.05, 4.69) is 17.2 Å². The number of nitrogens with two attached hydrogens (primary N) is 1. The highest BCUT2D eigenvalue weighted by molar-refractivity contribution is 5.79. The molecule has 3 heteroatoms. The van der Waals surface area contributed by atoms with E-state index in [1.54, 1.807) is 6.92 Å². The molecule has 1 saturated carbocycles. The average molecular weight is 180 g/mol. The molecule has 0 radical (unpaired) electrons. The number of hydrogen-bond acceptors (Lipinski definition) is 2. The van der Waals surface area contributed by atoms with Crippen LogP contribution in [0.2, 0.25) is 0 Å². The molecular weight excluding hydrogens is 164 g/mol. The monoisotopic (exact) mass is 180 g/mol. The van der Waals surface area contributed by atoms with Crippen LogP contribution < -0.4 is 11.1 Å². The van der Waals surface area contributed by atoms with Crippen LogP contribution in [-0.2, 0) is 4.79 Å². The van der Waals surface area contributed by atoms with Crippen molar-refractivity contribution in [2.75, 3.05) is 6.54 Å². The van der Waals surface area contributed by atoms with Crippen LogP contribution >= 0.6 is 0 Å². The Labute approximate surface area is 79.1 Å². The Morgan fingerprint density at radius 3 is 2.85 bits per heavy atom. The zero-order valence-electron chi connectivity index (χ0n) is 7.97. The largest absolute Gasteiger partial charge is 0.355 e. The molecule has 1 aliphatic carbocycles. The second kappa shape index (κ2) is 4.88. The van der Waals surface area contributed by atoms with Crippen LogP contribution in [0.4, 0.5) is 0 Å². The summed E-state index contributed by atoms with van der Waals surface area (Å²) in [5.41, 5.74) is 5.58. The number of carbonyl (C=O) groups is 1. The molecule has 0 unspecified atom stereocenters. The fourth-order valence-electron chi connectivity index (χ4n) is 1.39. The lowest BCUT2D eigenvalue weighted by molar-refractivity contribution is -0.127. The minimum Gasteiger partial charge on any atom is -0.355 e. The standard InChI is InChI=1S/C10H16N2O/c1-2-3-4-5-12-10(13)8-6-9(11)7-8/h8-9H,4-7,11H2,1H3,(H,12,13). The van der Waals surface area contributed by atoms with Gasteiger partial charge in [0.05, 0.1) is 0 Å². The maximum absolute atomic E-state index is 11.3. The molecule has 0 aromatic carbocycles. The summed E-state index contributed by atoms with van der Waals surface area (Å²) in [4.78, 5) is 11.3. The Morgan fingerprint density at radius 2 is 2.31 bits per heavy atom. The molecule has 0 saturated heterocycles. The SMILES string of the molecule is CC#CCCNC(=O)C1CC(N)C1. The van der Waals surface area contributed by atoms with Crippen molar-refractivity contribution in [2.24, 2.45) is 11.7 Å². The maximum Gasteiger partial charge on any atom is 0.223 e. The van der Waals surface area contributed by atoms with Gasteiger partial charge in [-0.2, -0.15) is 0 Å². The van der Waals surface area contributed by atoms with Crippen LogP contribution in [0, 0.1) is 17.8 Å². The van der Waals surface area contributed by atoms with Gasteiger partial charge in [0.15, 0.2) is 0 Å². The van der Waals surface area contributed by atoms with Crippen molar-refractivity contribution in [1.82, 2.24) is 5.32 Å². The molecule has 0 spiro atoms. The highest BCUT2D eigenvalue weighted by Gasteiger charge is 2.31. The van der Waals surface area contributed by atoms with Crippen molar-refractivity contribution in [3.8, 4) is 11.8 Å². The van der Waals surface area contributed by atoms with Crippen LogP contribution in [0.25, 0.3) is 0 Å². The van der Waals surface area contributed by atoms with Crippen LogP contribution in [0.5, 0.6) is 0 Å². The normalized spacial score (nSPS) is 25.4. The molecule has 1 rings (SSSR count). The molecule has 0 bridgehead atoms. The summed E-state index contributed by atoms with van der Waals surface area (Å²) in [5, 5.41) is 2.84. The Kier molecular flexibility index (Phi) is 3.78. The minimum atomic E-state index is 0.139. The Balaban J connectivity index is 2.07. The van der Waals surface area contributed by atoms with Crippen molar-refractivity contribution in [3.05, 3.63) is 0 Å². The molecule has 0 aromatic heterocycles. The van der Waals surface area contributed by atoms with Crippen molar-refractivity contribution >= 4 is 5.91 Å². The lowest BCUT2D eigenvalue weighted by Gasteiger charge is -2.30. The van der Waals surface area contributed by atoms with Crippen LogP contribution in [0.1, 0.15) is 26.2 Å². The zero-order chi connectivity index (χ0) is 9.68. The third-order valence-electron chi connectivity index (χ3n) is 2.27. The smallest absolute Gasteiger partial charge is 0.223 e. The maximum atomic E-state index is 11.3. The van der Waals surface area contributed by atoms with Gasteiger partial charge >= 0.3 is 0 Å². The minimum absolute atomic E-state index is 0.139. The zero-order valence-corrected chi connectivity index (χ0v) is 7.97. The van der Waals surface area contributed by atoms with Gasteiger partial charge < -0.3 is 11.1 Å². The summed E-state index contributed by atoms with van der Waals surface area (Å²) >= 11 is 0. The molecule has 0 aliphatic heterocycles. The molecule has 13 heavy (non-hydrogen) atoms. The Bertz CT molecular complexity index is 233. The number of carbonyl (C=O) groups excluding carboxylic acids is 1. The van der Waals surface area contributed by atoms with E-state index in [4.69, 9.17) is 5.73 Å². The number of hydrogen-bond donors (Lipinski definition) is 2. The third-order valence-corrected chi connectivity index (χ3v) is 2.27. The van der Waals surface area contributed by atoms with Crippen LogP contribution in [0.15, 0.2) is 0 Å². The molecule has 3 nitrogen and oxygen atoms in total. The first-order chi connectivity index (χ1) is 6.24. The predicted molar refractivity (Wildman–Crippen MR) is 51.8 cm³/mol. The Morgan fingerprint density at radius 1 is 1.62 bits per heavy atom. The molecule has 0 atom stereocenters. The lowest BCUT2D eigenvalue weighted by Crippen LogP contribution is -2.45. The fourth-order valence-corrected chi connectivity index (χ4v) is 1.39. The predicted octanol–water partition coefficient (Wildman–Crippen LogP) is 0.253. The first-order valence-corrected chi connectivity index (χ1v) is 4.67. The topological polar surface area (TPSA) is 55.1 Å². The van der Waals surface area contributed by atoms with Gasteiger partial charge in [-0.1, -0.05) is 0 Å². The first kappa shape index (κ1) is 10.1. The van der Waals surface area contributed by atoms with Crippen molar-refractivity contribution in [1.29, 1.82) is 0 Å².